The number of rotatable bonds is 2. The van der Waals surface area contributed by atoms with Crippen LogP contribution in [-0.4, -0.2) is 12.6 Å². The van der Waals surface area contributed by atoms with E-state index in [2.05, 4.69) is 4.90 Å². The topological polar surface area (TPSA) is 3.24 Å². The Morgan fingerprint density at radius 1 is 1.16 bits per heavy atom. The van der Waals surface area contributed by atoms with Gasteiger partial charge in [-0.15, -0.1) is 11.6 Å². The van der Waals surface area contributed by atoms with Gasteiger partial charge in [0.1, 0.15) is 5.82 Å². The Balaban J connectivity index is 1.94. The number of anilines is 1. The molecule has 1 aromatic rings. The summed E-state index contributed by atoms with van der Waals surface area (Å²) >= 11 is 5.97. The lowest BCUT2D eigenvalue weighted by atomic mass is 9.78. The molecule has 2 aliphatic rings. The summed E-state index contributed by atoms with van der Waals surface area (Å²) in [4.78, 5) is 2.44. The predicted octanol–water partition coefficient (Wildman–Crippen LogP) is 4.72. The molecule has 3 rings (SSSR count). The third-order valence-corrected chi connectivity index (χ3v) is 5.05. The lowest BCUT2D eigenvalue weighted by Crippen LogP contribution is -2.47. The summed E-state index contributed by atoms with van der Waals surface area (Å²) in [6.45, 7) is 1.05. The molecule has 104 valence electrons. The van der Waals surface area contributed by atoms with E-state index in [0.717, 1.165) is 18.2 Å². The number of alkyl halides is 1. The summed E-state index contributed by atoms with van der Waals surface area (Å²) < 4.78 is 13.9. The Kier molecular flexibility index (Phi) is 3.97. The highest BCUT2D eigenvalue weighted by atomic mass is 35.5. The summed E-state index contributed by atoms with van der Waals surface area (Å²) in [6.07, 6.45) is 7.82. The molecule has 19 heavy (non-hydrogen) atoms. The van der Waals surface area contributed by atoms with Gasteiger partial charge < -0.3 is 4.90 Å². The van der Waals surface area contributed by atoms with Crippen LogP contribution in [0.3, 0.4) is 0 Å². The third kappa shape index (κ3) is 2.47. The van der Waals surface area contributed by atoms with Crippen LogP contribution in [0.4, 0.5) is 10.1 Å². The van der Waals surface area contributed by atoms with Gasteiger partial charge in [0.05, 0.1) is 5.88 Å². The molecule has 1 saturated heterocycles. The van der Waals surface area contributed by atoms with E-state index >= 15 is 0 Å². The molecule has 1 heterocycles. The molecule has 2 fully saturated rings. The van der Waals surface area contributed by atoms with Gasteiger partial charge in [0, 0.05) is 23.8 Å². The number of fused-ring (bicyclic) bond motifs is 1. The van der Waals surface area contributed by atoms with Gasteiger partial charge in [-0.1, -0.05) is 18.9 Å². The van der Waals surface area contributed by atoms with Crippen molar-refractivity contribution in [3.63, 3.8) is 0 Å². The molecule has 0 amide bonds. The molecular formula is C16H21ClFN. The van der Waals surface area contributed by atoms with Crippen LogP contribution in [-0.2, 0) is 5.88 Å². The lowest BCUT2D eigenvalue weighted by molar-refractivity contribution is 0.243. The summed E-state index contributed by atoms with van der Waals surface area (Å²) in [7, 11) is 0. The van der Waals surface area contributed by atoms with E-state index in [1.807, 2.05) is 12.1 Å². The summed E-state index contributed by atoms with van der Waals surface area (Å²) in [6, 6.07) is 5.97. The van der Waals surface area contributed by atoms with Crippen molar-refractivity contribution in [3.8, 4) is 0 Å². The quantitative estimate of drug-likeness (QED) is 0.709. The van der Waals surface area contributed by atoms with Crippen molar-refractivity contribution in [2.75, 3.05) is 11.4 Å². The predicted molar refractivity (Wildman–Crippen MR) is 78.3 cm³/mol. The van der Waals surface area contributed by atoms with Crippen LogP contribution in [0.1, 0.15) is 44.1 Å². The van der Waals surface area contributed by atoms with Crippen LogP contribution in [0.5, 0.6) is 0 Å². The van der Waals surface area contributed by atoms with E-state index in [1.165, 1.54) is 44.6 Å². The molecule has 0 bridgehead atoms. The molecule has 2 unspecified atom stereocenters. The fraction of sp³-hybridized carbons (Fsp3) is 0.625. The highest BCUT2D eigenvalue weighted by Crippen LogP contribution is 2.39. The maximum absolute atomic E-state index is 13.9. The van der Waals surface area contributed by atoms with Crippen LogP contribution in [0.15, 0.2) is 18.2 Å². The smallest absolute Gasteiger partial charge is 0.129 e. The molecular weight excluding hydrogens is 261 g/mol. The van der Waals surface area contributed by atoms with Crippen LogP contribution >= 0.6 is 11.6 Å². The number of halogens is 2. The van der Waals surface area contributed by atoms with Crippen LogP contribution in [0, 0.1) is 11.7 Å². The Labute approximate surface area is 119 Å². The number of hydrogen-bond acceptors (Lipinski definition) is 1. The number of nitrogens with zero attached hydrogens (tertiary/aromatic N) is 1. The third-order valence-electron chi connectivity index (χ3n) is 4.78. The molecule has 0 aromatic heterocycles. The molecule has 3 heteroatoms. The second kappa shape index (κ2) is 5.70. The standard InChI is InChI=1S/C16H21ClFN/c17-11-13-14(18)7-3-9-16(13)19-10-4-6-12-5-1-2-8-15(12)19/h3,7,9,12,15H,1-2,4-6,8,10-11H2. The van der Waals surface area contributed by atoms with E-state index in [-0.39, 0.29) is 11.7 Å². The van der Waals surface area contributed by atoms with Crippen molar-refractivity contribution < 1.29 is 4.39 Å². The Hall–Kier alpha value is -0.760. The van der Waals surface area contributed by atoms with Gasteiger partial charge in [-0.2, -0.15) is 0 Å². The molecule has 1 nitrogen and oxygen atoms in total. The largest absolute Gasteiger partial charge is 0.368 e. The zero-order valence-electron chi connectivity index (χ0n) is 11.2. The summed E-state index contributed by atoms with van der Waals surface area (Å²) in [5.41, 5.74) is 1.71. The first-order valence-corrected chi connectivity index (χ1v) is 7.94. The van der Waals surface area contributed by atoms with Gasteiger partial charge in [-0.3, -0.25) is 0 Å². The first-order chi connectivity index (χ1) is 9.31. The van der Waals surface area contributed by atoms with Crippen LogP contribution in [0.2, 0.25) is 0 Å². The maximum atomic E-state index is 13.9. The normalized spacial score (nSPS) is 27.2. The zero-order valence-corrected chi connectivity index (χ0v) is 12.0. The molecule has 0 radical (unpaired) electrons. The van der Waals surface area contributed by atoms with Crippen molar-refractivity contribution >= 4 is 17.3 Å². The molecule has 1 saturated carbocycles. The SMILES string of the molecule is Fc1cccc(N2CCCC3CCCCC32)c1CCl. The van der Waals surface area contributed by atoms with E-state index in [9.17, 15) is 4.39 Å². The fourth-order valence-corrected chi connectivity index (χ4v) is 4.14. The molecule has 1 aromatic carbocycles. The Morgan fingerprint density at radius 3 is 2.79 bits per heavy atom. The Morgan fingerprint density at radius 2 is 1.95 bits per heavy atom. The van der Waals surface area contributed by atoms with Crippen molar-refractivity contribution in [1.29, 1.82) is 0 Å². The zero-order chi connectivity index (χ0) is 13.2. The number of benzene rings is 1. The van der Waals surface area contributed by atoms with Gasteiger partial charge >= 0.3 is 0 Å². The second-order valence-corrected chi connectivity index (χ2v) is 6.09. The van der Waals surface area contributed by atoms with Crippen LogP contribution in [0.25, 0.3) is 0 Å². The molecule has 0 spiro atoms. The van der Waals surface area contributed by atoms with Crippen molar-refractivity contribution in [2.45, 2.75) is 50.4 Å². The first-order valence-electron chi connectivity index (χ1n) is 7.41. The highest BCUT2D eigenvalue weighted by Gasteiger charge is 2.34. The number of hydrogen-bond donors (Lipinski definition) is 0. The van der Waals surface area contributed by atoms with E-state index in [1.54, 1.807) is 0 Å². The average molecular weight is 282 g/mol. The minimum Gasteiger partial charge on any atom is -0.368 e. The Bertz CT molecular complexity index is 446. The molecule has 2 atom stereocenters. The summed E-state index contributed by atoms with van der Waals surface area (Å²) in [5.74, 6) is 0.898. The maximum Gasteiger partial charge on any atom is 0.129 e. The van der Waals surface area contributed by atoms with Crippen LogP contribution < -0.4 is 4.90 Å². The van der Waals surface area contributed by atoms with Gasteiger partial charge in [-0.05, 0) is 43.7 Å². The monoisotopic (exact) mass is 281 g/mol. The lowest BCUT2D eigenvalue weighted by Gasteiger charge is -2.46. The minimum atomic E-state index is -0.162. The van der Waals surface area contributed by atoms with Crippen molar-refractivity contribution in [3.05, 3.63) is 29.6 Å². The van der Waals surface area contributed by atoms with Crippen molar-refractivity contribution in [2.24, 2.45) is 5.92 Å². The molecule has 1 aliphatic heterocycles. The van der Waals surface area contributed by atoms with Gasteiger partial charge in [0.15, 0.2) is 0 Å². The van der Waals surface area contributed by atoms with Gasteiger partial charge in [0.25, 0.3) is 0 Å². The second-order valence-electron chi connectivity index (χ2n) is 5.82. The van der Waals surface area contributed by atoms with Crippen molar-refractivity contribution in [1.82, 2.24) is 0 Å². The fourth-order valence-electron chi connectivity index (χ4n) is 3.87. The highest BCUT2D eigenvalue weighted by molar-refractivity contribution is 6.17. The molecule has 1 aliphatic carbocycles. The van der Waals surface area contributed by atoms with E-state index in [0.29, 0.717) is 11.6 Å². The minimum absolute atomic E-state index is 0.162. The average Bonchev–Trinajstić information content (AvgIpc) is 2.46. The van der Waals surface area contributed by atoms with E-state index in [4.69, 9.17) is 11.6 Å². The van der Waals surface area contributed by atoms with E-state index < -0.39 is 0 Å². The summed E-state index contributed by atoms with van der Waals surface area (Å²) in [5, 5.41) is 0. The van der Waals surface area contributed by atoms with Gasteiger partial charge in [-0.25, -0.2) is 4.39 Å². The first kappa shape index (κ1) is 13.2. The number of piperidine rings is 1. The van der Waals surface area contributed by atoms with Gasteiger partial charge in [0.2, 0.25) is 0 Å². The molecule has 0 N–H and O–H groups in total.